The van der Waals surface area contributed by atoms with Crippen LogP contribution < -0.4 is 5.32 Å². The first-order chi connectivity index (χ1) is 9.36. The third kappa shape index (κ3) is 3.61. The van der Waals surface area contributed by atoms with Gasteiger partial charge in [0.15, 0.2) is 0 Å². The molecule has 0 aromatic heterocycles. The van der Waals surface area contributed by atoms with Crippen molar-refractivity contribution in [1.82, 2.24) is 0 Å². The van der Waals surface area contributed by atoms with Gasteiger partial charge >= 0.3 is 0 Å². The molecule has 0 unspecified atom stereocenters. The Morgan fingerprint density at radius 1 is 1.05 bits per heavy atom. The number of carbonyl (C=O) groups excluding carboxylic acids is 1. The summed E-state index contributed by atoms with van der Waals surface area (Å²) in [6, 6.07) is 14.8. The minimum absolute atomic E-state index is 0.0566. The van der Waals surface area contributed by atoms with E-state index in [1.807, 2.05) is 18.2 Å². The summed E-state index contributed by atoms with van der Waals surface area (Å²) >= 11 is 5.82. The fourth-order valence-electron chi connectivity index (χ4n) is 1.87. The SMILES string of the molecule is CC(C)(C)c1cccc(NC(=O)c2ccc(Cl)cc2)c1. The number of anilines is 1. The van der Waals surface area contributed by atoms with Gasteiger partial charge in [0.25, 0.3) is 5.91 Å². The summed E-state index contributed by atoms with van der Waals surface area (Å²) in [6.45, 7) is 6.44. The van der Waals surface area contributed by atoms with E-state index in [2.05, 4.69) is 32.2 Å². The first-order valence-corrected chi connectivity index (χ1v) is 6.91. The van der Waals surface area contributed by atoms with Gasteiger partial charge in [-0.3, -0.25) is 4.79 Å². The molecular formula is C17H18ClNO. The van der Waals surface area contributed by atoms with Crippen LogP contribution in [0.3, 0.4) is 0 Å². The maximum Gasteiger partial charge on any atom is 0.255 e. The van der Waals surface area contributed by atoms with E-state index < -0.39 is 0 Å². The van der Waals surface area contributed by atoms with Gasteiger partial charge < -0.3 is 5.32 Å². The van der Waals surface area contributed by atoms with Crippen LogP contribution >= 0.6 is 11.6 Å². The van der Waals surface area contributed by atoms with Crippen molar-refractivity contribution in [2.75, 3.05) is 5.32 Å². The number of rotatable bonds is 2. The summed E-state index contributed by atoms with van der Waals surface area (Å²) in [5.41, 5.74) is 2.64. The van der Waals surface area contributed by atoms with E-state index in [1.54, 1.807) is 24.3 Å². The molecule has 0 radical (unpaired) electrons. The van der Waals surface area contributed by atoms with Crippen LogP contribution in [0.2, 0.25) is 5.02 Å². The van der Waals surface area contributed by atoms with Crippen molar-refractivity contribution in [1.29, 1.82) is 0 Å². The molecule has 3 heteroatoms. The summed E-state index contributed by atoms with van der Waals surface area (Å²) in [4.78, 5) is 12.1. The zero-order valence-corrected chi connectivity index (χ0v) is 12.7. The van der Waals surface area contributed by atoms with E-state index in [4.69, 9.17) is 11.6 Å². The third-order valence-corrected chi connectivity index (χ3v) is 3.34. The van der Waals surface area contributed by atoms with Gasteiger partial charge in [-0.2, -0.15) is 0 Å². The van der Waals surface area contributed by atoms with Crippen molar-refractivity contribution in [2.45, 2.75) is 26.2 Å². The smallest absolute Gasteiger partial charge is 0.255 e. The van der Waals surface area contributed by atoms with Crippen LogP contribution in [-0.4, -0.2) is 5.91 Å². The molecule has 0 bridgehead atoms. The first kappa shape index (κ1) is 14.6. The molecule has 2 aromatic carbocycles. The van der Waals surface area contributed by atoms with Gasteiger partial charge in [0.05, 0.1) is 0 Å². The number of hydrogen-bond acceptors (Lipinski definition) is 1. The van der Waals surface area contributed by atoms with Crippen molar-refractivity contribution >= 4 is 23.2 Å². The minimum atomic E-state index is -0.132. The lowest BCUT2D eigenvalue weighted by atomic mass is 9.87. The maximum atomic E-state index is 12.1. The molecular weight excluding hydrogens is 270 g/mol. The molecule has 0 aliphatic rings. The monoisotopic (exact) mass is 287 g/mol. The highest BCUT2D eigenvalue weighted by molar-refractivity contribution is 6.30. The highest BCUT2D eigenvalue weighted by Gasteiger charge is 2.14. The standard InChI is InChI=1S/C17H18ClNO/c1-17(2,3)13-5-4-6-15(11-13)19-16(20)12-7-9-14(18)10-8-12/h4-11H,1-3H3,(H,19,20). The highest BCUT2D eigenvalue weighted by Crippen LogP contribution is 2.24. The van der Waals surface area contributed by atoms with Crippen LogP contribution in [0.1, 0.15) is 36.7 Å². The van der Waals surface area contributed by atoms with Crippen LogP contribution in [0, 0.1) is 0 Å². The lowest BCUT2D eigenvalue weighted by molar-refractivity contribution is 0.102. The molecule has 0 fully saturated rings. The molecule has 2 rings (SSSR count). The number of hydrogen-bond donors (Lipinski definition) is 1. The van der Waals surface area contributed by atoms with Crippen molar-refractivity contribution < 1.29 is 4.79 Å². The van der Waals surface area contributed by atoms with E-state index in [1.165, 1.54) is 5.56 Å². The molecule has 0 saturated heterocycles. The van der Waals surface area contributed by atoms with Crippen LogP contribution in [0.4, 0.5) is 5.69 Å². The second-order valence-corrected chi connectivity index (χ2v) is 6.23. The zero-order chi connectivity index (χ0) is 14.8. The molecule has 2 nitrogen and oxygen atoms in total. The van der Waals surface area contributed by atoms with Crippen molar-refractivity contribution in [3.05, 3.63) is 64.7 Å². The number of carbonyl (C=O) groups is 1. The molecule has 1 N–H and O–H groups in total. The number of benzene rings is 2. The lowest BCUT2D eigenvalue weighted by Gasteiger charge is -2.19. The Labute approximate surface area is 124 Å². The summed E-state index contributed by atoms with van der Waals surface area (Å²) < 4.78 is 0. The van der Waals surface area contributed by atoms with Gasteiger partial charge in [-0.05, 0) is 47.4 Å². The van der Waals surface area contributed by atoms with Gasteiger partial charge in [-0.25, -0.2) is 0 Å². The Kier molecular flexibility index (Phi) is 4.15. The molecule has 0 atom stereocenters. The molecule has 2 aromatic rings. The van der Waals surface area contributed by atoms with E-state index >= 15 is 0 Å². The predicted molar refractivity (Wildman–Crippen MR) is 84.5 cm³/mol. The summed E-state index contributed by atoms with van der Waals surface area (Å²) in [5, 5.41) is 3.53. The zero-order valence-electron chi connectivity index (χ0n) is 11.9. The van der Waals surface area contributed by atoms with Crippen LogP contribution in [0.15, 0.2) is 48.5 Å². The topological polar surface area (TPSA) is 29.1 Å². The predicted octanol–water partition coefficient (Wildman–Crippen LogP) is 4.89. The van der Waals surface area contributed by atoms with Gasteiger partial charge in [0.2, 0.25) is 0 Å². The third-order valence-electron chi connectivity index (χ3n) is 3.09. The normalized spacial score (nSPS) is 11.2. The fourth-order valence-corrected chi connectivity index (χ4v) is 1.99. The molecule has 0 saturated carbocycles. The van der Waals surface area contributed by atoms with Crippen LogP contribution in [-0.2, 0) is 5.41 Å². The molecule has 0 heterocycles. The van der Waals surface area contributed by atoms with Crippen molar-refractivity contribution in [3.8, 4) is 0 Å². The van der Waals surface area contributed by atoms with Gasteiger partial charge in [0, 0.05) is 16.3 Å². The maximum absolute atomic E-state index is 12.1. The van der Waals surface area contributed by atoms with E-state index in [0.717, 1.165) is 5.69 Å². The number of amides is 1. The van der Waals surface area contributed by atoms with E-state index in [0.29, 0.717) is 10.6 Å². The quantitative estimate of drug-likeness (QED) is 0.837. The highest BCUT2D eigenvalue weighted by atomic mass is 35.5. The average molecular weight is 288 g/mol. The molecule has 20 heavy (non-hydrogen) atoms. The molecule has 0 aliphatic heterocycles. The Hall–Kier alpha value is -1.80. The molecule has 1 amide bonds. The van der Waals surface area contributed by atoms with Crippen molar-refractivity contribution in [2.24, 2.45) is 0 Å². The van der Waals surface area contributed by atoms with Crippen LogP contribution in [0.5, 0.6) is 0 Å². The Morgan fingerprint density at radius 2 is 1.70 bits per heavy atom. The number of nitrogens with one attached hydrogen (secondary N) is 1. The molecule has 0 aliphatic carbocycles. The Bertz CT molecular complexity index is 612. The van der Waals surface area contributed by atoms with E-state index in [-0.39, 0.29) is 11.3 Å². The number of halogens is 1. The van der Waals surface area contributed by atoms with Gasteiger partial charge in [-0.15, -0.1) is 0 Å². The van der Waals surface area contributed by atoms with E-state index in [9.17, 15) is 4.79 Å². The fraction of sp³-hybridized carbons (Fsp3) is 0.235. The van der Waals surface area contributed by atoms with Crippen LogP contribution in [0.25, 0.3) is 0 Å². The average Bonchev–Trinajstić information content (AvgIpc) is 2.38. The summed E-state index contributed by atoms with van der Waals surface area (Å²) in [5.74, 6) is -0.132. The molecule has 104 valence electrons. The minimum Gasteiger partial charge on any atom is -0.322 e. The lowest BCUT2D eigenvalue weighted by Crippen LogP contribution is -2.14. The Morgan fingerprint density at radius 3 is 2.30 bits per heavy atom. The molecule has 0 spiro atoms. The van der Waals surface area contributed by atoms with Gasteiger partial charge in [0.1, 0.15) is 0 Å². The second-order valence-electron chi connectivity index (χ2n) is 5.79. The largest absolute Gasteiger partial charge is 0.322 e. The first-order valence-electron chi connectivity index (χ1n) is 6.54. The Balaban J connectivity index is 2.18. The van der Waals surface area contributed by atoms with Crippen molar-refractivity contribution in [3.63, 3.8) is 0 Å². The van der Waals surface area contributed by atoms with Gasteiger partial charge in [-0.1, -0.05) is 44.5 Å². The summed E-state index contributed by atoms with van der Waals surface area (Å²) in [7, 11) is 0. The second kappa shape index (κ2) is 5.68. The summed E-state index contributed by atoms with van der Waals surface area (Å²) in [6.07, 6.45) is 0.